The Labute approximate surface area is 115 Å². The third-order valence-electron chi connectivity index (χ3n) is 3.82. The number of hydrogen-bond acceptors (Lipinski definition) is 1. The number of alkyl halides is 1. The second-order valence-corrected chi connectivity index (χ2v) is 5.61. The van der Waals surface area contributed by atoms with Gasteiger partial charge in [0.05, 0.1) is 12.1 Å². The lowest BCUT2D eigenvalue weighted by Crippen LogP contribution is -2.46. The number of carbonyl (C=O) groups is 1. The molecule has 1 saturated heterocycles. The van der Waals surface area contributed by atoms with Gasteiger partial charge in [0.1, 0.15) is 11.5 Å². The molecule has 106 valence electrons. The summed E-state index contributed by atoms with van der Waals surface area (Å²) in [5.41, 5.74) is -0.511. The Kier molecular flexibility index (Phi) is 3.00. The van der Waals surface area contributed by atoms with E-state index in [-0.39, 0.29) is 23.4 Å². The minimum atomic E-state index is -1.36. The van der Waals surface area contributed by atoms with Gasteiger partial charge in [0.25, 0.3) is 5.91 Å². The van der Waals surface area contributed by atoms with E-state index in [2.05, 4.69) is 4.98 Å². The summed E-state index contributed by atoms with van der Waals surface area (Å²) in [6, 6.07) is 4.62. The maximum atomic E-state index is 14.0. The van der Waals surface area contributed by atoms with Crippen LogP contribution in [0.3, 0.4) is 0 Å². The van der Waals surface area contributed by atoms with E-state index >= 15 is 0 Å². The van der Waals surface area contributed by atoms with Crippen molar-refractivity contribution in [3.05, 3.63) is 35.8 Å². The molecule has 0 radical (unpaired) electrons. The molecule has 3 rings (SSSR count). The molecule has 0 bridgehead atoms. The summed E-state index contributed by atoms with van der Waals surface area (Å²) in [6.45, 7) is 2.08. The van der Waals surface area contributed by atoms with Crippen LogP contribution in [0.2, 0.25) is 0 Å². The molecule has 20 heavy (non-hydrogen) atoms. The van der Waals surface area contributed by atoms with E-state index in [9.17, 15) is 13.6 Å². The Balaban J connectivity index is 1.97. The molecule has 1 N–H and O–H groups in total. The quantitative estimate of drug-likeness (QED) is 0.854. The molecule has 1 fully saturated rings. The monoisotopic (exact) mass is 278 g/mol. The molecule has 1 aromatic heterocycles. The summed E-state index contributed by atoms with van der Waals surface area (Å²) in [7, 11) is 0. The van der Waals surface area contributed by atoms with Crippen LogP contribution in [0.15, 0.2) is 24.4 Å². The number of carbonyl (C=O) groups excluding carboxylic acids is 1. The van der Waals surface area contributed by atoms with E-state index in [4.69, 9.17) is 0 Å². The number of aromatic nitrogens is 1. The minimum Gasteiger partial charge on any atom is -0.360 e. The van der Waals surface area contributed by atoms with Gasteiger partial charge in [0, 0.05) is 23.6 Å². The largest absolute Gasteiger partial charge is 0.360 e. The molecule has 1 aliphatic heterocycles. The average molecular weight is 278 g/mol. The number of nitrogens with zero attached hydrogens (tertiary/aromatic N) is 1. The third kappa shape index (κ3) is 2.17. The lowest BCUT2D eigenvalue weighted by molar-refractivity contribution is 0.0419. The molecule has 0 aliphatic carbocycles. The lowest BCUT2D eigenvalue weighted by Gasteiger charge is -2.35. The van der Waals surface area contributed by atoms with Crippen molar-refractivity contribution in [1.29, 1.82) is 0 Å². The Morgan fingerprint density at radius 3 is 3.00 bits per heavy atom. The van der Waals surface area contributed by atoms with Gasteiger partial charge in [-0.05, 0) is 31.9 Å². The highest BCUT2D eigenvalue weighted by Gasteiger charge is 2.34. The normalized spacial score (nSPS) is 23.2. The zero-order chi connectivity index (χ0) is 14.3. The van der Waals surface area contributed by atoms with Gasteiger partial charge in [-0.2, -0.15) is 0 Å². The van der Waals surface area contributed by atoms with Crippen LogP contribution < -0.4 is 0 Å². The van der Waals surface area contributed by atoms with E-state index in [1.807, 2.05) is 0 Å². The number of likely N-dealkylation sites (tertiary alicyclic amines) is 1. The van der Waals surface area contributed by atoms with Gasteiger partial charge in [0.15, 0.2) is 0 Å². The van der Waals surface area contributed by atoms with Gasteiger partial charge in [-0.1, -0.05) is 6.07 Å². The van der Waals surface area contributed by atoms with Crippen molar-refractivity contribution in [1.82, 2.24) is 9.88 Å². The Morgan fingerprint density at radius 2 is 2.25 bits per heavy atom. The fraction of sp³-hybridized carbons (Fsp3) is 0.400. The molecular weight excluding hydrogens is 262 g/mol. The van der Waals surface area contributed by atoms with E-state index in [1.54, 1.807) is 12.1 Å². The van der Waals surface area contributed by atoms with E-state index in [0.717, 1.165) is 0 Å². The van der Waals surface area contributed by atoms with Crippen molar-refractivity contribution in [3.8, 4) is 0 Å². The van der Waals surface area contributed by atoms with Crippen LogP contribution in [-0.4, -0.2) is 34.5 Å². The topological polar surface area (TPSA) is 36.1 Å². The molecule has 1 aromatic carbocycles. The number of rotatable bonds is 1. The molecule has 2 heterocycles. The summed E-state index contributed by atoms with van der Waals surface area (Å²) < 4.78 is 27.9. The maximum absolute atomic E-state index is 14.0. The zero-order valence-electron chi connectivity index (χ0n) is 11.2. The number of nitrogens with one attached hydrogen (secondary N) is 1. The summed E-state index contributed by atoms with van der Waals surface area (Å²) in [4.78, 5) is 16.8. The second-order valence-electron chi connectivity index (χ2n) is 5.61. The fourth-order valence-corrected chi connectivity index (χ4v) is 2.85. The number of piperidine rings is 1. The molecule has 2 aromatic rings. The molecular formula is C15H16F2N2O. The highest BCUT2D eigenvalue weighted by atomic mass is 19.1. The molecule has 5 heteroatoms. The predicted octanol–water partition coefficient (Wildman–Crippen LogP) is 3.27. The first kappa shape index (κ1) is 13.1. The van der Waals surface area contributed by atoms with Crippen LogP contribution in [-0.2, 0) is 0 Å². The van der Waals surface area contributed by atoms with Crippen molar-refractivity contribution >= 4 is 16.8 Å². The second kappa shape index (κ2) is 4.58. The van der Waals surface area contributed by atoms with Crippen LogP contribution in [0.5, 0.6) is 0 Å². The molecule has 0 spiro atoms. The van der Waals surface area contributed by atoms with Crippen LogP contribution in [0.4, 0.5) is 8.78 Å². The molecule has 1 atom stereocenters. The zero-order valence-corrected chi connectivity index (χ0v) is 11.2. The van der Waals surface area contributed by atoms with Gasteiger partial charge in [-0.3, -0.25) is 4.79 Å². The summed E-state index contributed by atoms with van der Waals surface area (Å²) in [6.07, 6.45) is 2.59. The molecule has 1 unspecified atom stereocenters. The third-order valence-corrected chi connectivity index (χ3v) is 3.82. The number of aromatic amines is 1. The average Bonchev–Trinajstić information content (AvgIpc) is 2.82. The fourth-order valence-electron chi connectivity index (χ4n) is 2.85. The van der Waals surface area contributed by atoms with Crippen LogP contribution in [0.1, 0.15) is 30.1 Å². The number of fused-ring (bicyclic) bond motifs is 1. The van der Waals surface area contributed by atoms with Gasteiger partial charge < -0.3 is 9.88 Å². The minimum absolute atomic E-state index is 0.0625. The Hall–Kier alpha value is -1.91. The number of hydrogen-bond donors (Lipinski definition) is 1. The van der Waals surface area contributed by atoms with Gasteiger partial charge >= 0.3 is 0 Å². The molecule has 0 saturated carbocycles. The Bertz CT molecular complexity index is 663. The number of H-pyrrole nitrogens is 1. The highest BCUT2D eigenvalue weighted by Crippen LogP contribution is 2.28. The first-order chi connectivity index (χ1) is 9.48. The summed E-state index contributed by atoms with van der Waals surface area (Å²) >= 11 is 0. The van der Waals surface area contributed by atoms with E-state index < -0.39 is 11.5 Å². The van der Waals surface area contributed by atoms with Gasteiger partial charge in [-0.25, -0.2) is 8.78 Å². The van der Waals surface area contributed by atoms with E-state index in [0.29, 0.717) is 24.9 Å². The maximum Gasteiger partial charge on any atom is 0.256 e. The number of halogens is 2. The number of amides is 1. The van der Waals surface area contributed by atoms with Crippen molar-refractivity contribution in [2.45, 2.75) is 25.4 Å². The van der Waals surface area contributed by atoms with Crippen LogP contribution in [0, 0.1) is 5.82 Å². The summed E-state index contributed by atoms with van der Waals surface area (Å²) in [5, 5.41) is 0.281. The van der Waals surface area contributed by atoms with Gasteiger partial charge in [-0.15, -0.1) is 0 Å². The van der Waals surface area contributed by atoms with Crippen LogP contribution >= 0.6 is 0 Å². The molecule has 1 amide bonds. The smallest absolute Gasteiger partial charge is 0.256 e. The molecule has 3 nitrogen and oxygen atoms in total. The first-order valence-electron chi connectivity index (χ1n) is 6.72. The van der Waals surface area contributed by atoms with Crippen molar-refractivity contribution in [2.75, 3.05) is 13.1 Å². The SMILES string of the molecule is CC1(F)CCCN(C(=O)c2c[nH]c3cccc(F)c23)C1. The Morgan fingerprint density at radius 1 is 1.45 bits per heavy atom. The highest BCUT2D eigenvalue weighted by molar-refractivity contribution is 6.07. The predicted molar refractivity (Wildman–Crippen MR) is 72.9 cm³/mol. The van der Waals surface area contributed by atoms with Crippen LogP contribution in [0.25, 0.3) is 10.9 Å². The number of benzene rings is 1. The van der Waals surface area contributed by atoms with Gasteiger partial charge in [0.2, 0.25) is 0 Å². The van der Waals surface area contributed by atoms with E-state index in [1.165, 1.54) is 24.1 Å². The standard InChI is InChI=1S/C15H16F2N2O/c1-15(17)6-3-7-19(9-15)14(20)10-8-18-12-5-2-4-11(16)13(10)12/h2,4-5,8,18H,3,6-7,9H2,1H3. The first-order valence-corrected chi connectivity index (χ1v) is 6.72. The van der Waals surface area contributed by atoms with Crippen molar-refractivity contribution in [3.63, 3.8) is 0 Å². The van der Waals surface area contributed by atoms with Crippen molar-refractivity contribution < 1.29 is 13.6 Å². The summed E-state index contributed by atoms with van der Waals surface area (Å²) in [5.74, 6) is -0.753. The lowest BCUT2D eigenvalue weighted by atomic mass is 9.96. The molecule has 1 aliphatic rings. The van der Waals surface area contributed by atoms with Crippen molar-refractivity contribution in [2.24, 2.45) is 0 Å².